The van der Waals surface area contributed by atoms with Crippen molar-refractivity contribution in [3.8, 4) is 47.4 Å². The third-order valence-electron chi connectivity index (χ3n) is 21.4. The number of rotatable bonds is 20. The van der Waals surface area contributed by atoms with Gasteiger partial charge in [-0.3, -0.25) is 51.8 Å². The molecule has 12 heterocycles. The van der Waals surface area contributed by atoms with Crippen LogP contribution in [0.3, 0.4) is 0 Å². The lowest BCUT2D eigenvalue weighted by molar-refractivity contribution is -0.193. The van der Waals surface area contributed by atoms with Gasteiger partial charge in [-0.15, -0.1) is 23.7 Å². The van der Waals surface area contributed by atoms with E-state index in [4.69, 9.17) is 66.8 Å². The number of nitrogens with two attached hydrogens (primary N) is 3. The number of primary amides is 3. The van der Waals surface area contributed by atoms with Crippen molar-refractivity contribution >= 4 is 115 Å². The smallest absolute Gasteiger partial charge is 0.478 e. The number of alkyl halides is 12. The van der Waals surface area contributed by atoms with Crippen molar-refractivity contribution in [2.75, 3.05) is 124 Å². The summed E-state index contributed by atoms with van der Waals surface area (Å²) in [7, 11) is 0. The fourth-order valence-corrected chi connectivity index (χ4v) is 14.4. The van der Waals surface area contributed by atoms with Crippen LogP contribution in [0.25, 0.3) is 44.1 Å². The Kier molecular flexibility index (Phi) is 40.2. The molecule has 44 nitrogen and oxygen atoms in total. The summed E-state index contributed by atoms with van der Waals surface area (Å²) < 4.78 is 140. The Bertz CT molecular complexity index is 7070. The Labute approximate surface area is 828 Å². The molecule has 56 heteroatoms. The van der Waals surface area contributed by atoms with Crippen LogP contribution in [0.1, 0.15) is 91.4 Å². The van der Waals surface area contributed by atoms with E-state index in [-0.39, 0.29) is 54.0 Å². The number of carboxylic acids is 5. The first-order chi connectivity index (χ1) is 70.1. The lowest BCUT2D eigenvalue weighted by atomic mass is 10.1. The minimum absolute atomic E-state index is 0.140. The number of hydrogen-bond donors (Lipinski definition) is 12. The summed E-state index contributed by atoms with van der Waals surface area (Å²) in [4.78, 5) is 162. The second-order valence-corrected chi connectivity index (χ2v) is 31.4. The molecule has 16 rings (SSSR count). The van der Waals surface area contributed by atoms with Crippen molar-refractivity contribution in [2.24, 2.45) is 17.2 Å². The third-order valence-corrected chi connectivity index (χ3v) is 21.4. The molecule has 8 aromatic heterocycles. The van der Waals surface area contributed by atoms with Crippen LogP contribution in [0.2, 0.25) is 0 Å². The van der Waals surface area contributed by atoms with Gasteiger partial charge in [0.15, 0.2) is 0 Å². The molecule has 12 aromatic rings. The fraction of sp³-hybridized carbons (Fsp3) is 0.348. The maximum atomic E-state index is 13.3. The molecule has 3 amide bonds. The number of carbonyl (C=O) groups excluding carboxylic acids is 3. The first-order valence-corrected chi connectivity index (χ1v) is 44.1. The first kappa shape index (κ1) is 114. The summed E-state index contributed by atoms with van der Waals surface area (Å²) in [6, 6.07) is 27.2. The van der Waals surface area contributed by atoms with E-state index >= 15 is 0 Å². The number of aromatic nitrogens is 16. The van der Waals surface area contributed by atoms with Crippen molar-refractivity contribution in [3.63, 3.8) is 0 Å². The maximum absolute atomic E-state index is 13.3. The molecule has 4 aromatic carbocycles. The van der Waals surface area contributed by atoms with Gasteiger partial charge < -0.3 is 83.6 Å². The molecule has 0 atom stereocenters. The van der Waals surface area contributed by atoms with Crippen LogP contribution >= 0.6 is 0 Å². The summed E-state index contributed by atoms with van der Waals surface area (Å²) in [5.41, 5.74) is 23.5. The monoisotopic (exact) mass is 2080 g/mol. The maximum Gasteiger partial charge on any atom is 0.490 e. The van der Waals surface area contributed by atoms with Crippen molar-refractivity contribution in [1.29, 1.82) is 0 Å². The van der Waals surface area contributed by atoms with Crippen molar-refractivity contribution in [3.05, 3.63) is 208 Å². The number of halogens is 12. The van der Waals surface area contributed by atoms with Crippen LogP contribution in [0.5, 0.6) is 0 Å². The second-order valence-electron chi connectivity index (χ2n) is 31.4. The Balaban J connectivity index is 0.000000201. The summed E-state index contributed by atoms with van der Waals surface area (Å²) >= 11 is 0. The van der Waals surface area contributed by atoms with Gasteiger partial charge in [0.2, 0.25) is 41.5 Å². The number of fused-ring (bicyclic) bond motifs is 4. The topological polar surface area (TPSA) is 588 Å². The van der Waals surface area contributed by atoms with E-state index in [1.807, 2.05) is 24.3 Å². The SMILES string of the molecule is CC#CCn1c(N2CCNCC2)nc2cnn(Cc3ccc(C(N)=O)cc3)c(=O)c21.CC#CCn1c(N2CCNCC2)nc2cnn(Cc3cccc(C(=O)O)c3)c(=O)c21.CC#CCn1c(N2CCNCC2)nc2cnn(Cc3cccc(C(N)=O)c3)c(=O)c21.CC#CCn1c(N2CCNCC2)nc2cnn(Cc3ccccc3C(N)=O)c(=O)c21.O=C(O)C(F)(F)F.O=C(O)C(F)(F)F.O=C(O)C(F)(F)F.O=C(O)C(F)(F)F. The van der Waals surface area contributed by atoms with Gasteiger partial charge in [-0.2, -0.15) is 73.1 Å². The number of carboxylic acid groups (broad SMARTS) is 5. The predicted octanol–water partition coefficient (Wildman–Crippen LogP) is 3.82. The third kappa shape index (κ3) is 31.0. The van der Waals surface area contributed by atoms with Gasteiger partial charge in [0.25, 0.3) is 22.2 Å². The highest BCUT2D eigenvalue weighted by Crippen LogP contribution is 2.28. The molecule has 0 radical (unpaired) electrons. The van der Waals surface area contributed by atoms with Gasteiger partial charge in [0.1, 0.15) is 44.1 Å². The summed E-state index contributed by atoms with van der Waals surface area (Å²) in [5, 5.41) is 68.2. The number of nitrogens with zero attached hydrogens (tertiary/aromatic N) is 20. The molecular weight excluding hydrogens is 1980 g/mol. The van der Waals surface area contributed by atoms with Gasteiger partial charge >= 0.3 is 54.6 Å². The van der Waals surface area contributed by atoms with Gasteiger partial charge in [0, 0.05) is 121 Å². The average Bonchev–Trinajstić information content (AvgIpc) is 1.97. The van der Waals surface area contributed by atoms with E-state index < -0.39 is 72.3 Å². The molecule has 0 saturated carbocycles. The lowest BCUT2D eigenvalue weighted by Gasteiger charge is -2.28. The number of aromatic carboxylic acids is 1. The number of piperazine rings is 4. The highest BCUT2D eigenvalue weighted by atomic mass is 19.4. The quantitative estimate of drug-likeness (QED) is 0.0381. The molecular formula is C92H95F12N27O17. The van der Waals surface area contributed by atoms with Gasteiger partial charge in [-0.25, -0.2) is 62.6 Å². The average molecular weight is 2080 g/mol. The van der Waals surface area contributed by atoms with Crippen molar-refractivity contribution in [2.45, 2.75) is 105 Å². The van der Waals surface area contributed by atoms with Crippen molar-refractivity contribution in [1.82, 2.24) is 98.6 Å². The summed E-state index contributed by atoms with van der Waals surface area (Å²) in [5.74, 6) is 13.1. The van der Waals surface area contributed by atoms with Gasteiger partial charge in [-0.1, -0.05) is 78.3 Å². The standard InChI is InChI=1S/3C21H23N7O2.C21H22N6O3.4C2HF3O2/c1-2-3-10-27-18-17(25-21(27)26-11-8-23-9-12-26)13-24-28(20(18)30)14-15-4-6-16(7-5-15)19(22)29;1-2-3-9-27-18-17(25-21(27)26-10-7-23-8-11-26)13-24-28(20(18)30)14-15-5-4-6-16(12-15)19(22)29;1-2-3-10-27-18-17(25-21(27)26-11-8-23-9-12-26)13-24-28(20(18)30)14-15-6-4-5-7-16(15)19(22)29;1-2-3-9-26-18-17(24-21(26)25-10-7-22-8-11-25)13-23-27(19(18)28)14-15-5-4-6-16(12-15)20(29)30;4*3-2(4,5)1(6)7/h4-7,13,23H,8-12,14H2,1H3,(H2,22,29);4-6,12-13,23H,7-11,14H2,1H3,(H2,22,29);4-7,13,23H,8-12,14H2,1H3,(H2,22,29);4-6,12-13,22H,7-11,14H2,1H3,(H,29,30);4*(H,6,7). The van der Waals surface area contributed by atoms with E-state index in [1.165, 1.54) is 24.8 Å². The van der Waals surface area contributed by atoms with Crippen LogP contribution in [0.4, 0.5) is 76.5 Å². The Morgan fingerprint density at radius 2 is 0.588 bits per heavy atom. The Morgan fingerprint density at radius 1 is 0.331 bits per heavy atom. The number of carbonyl (C=O) groups is 8. The van der Waals surface area contributed by atoms with Crippen LogP contribution in [0, 0.1) is 47.4 Å². The number of benzene rings is 4. The molecule has 4 saturated heterocycles. The first-order valence-electron chi connectivity index (χ1n) is 44.1. The zero-order valence-electron chi connectivity index (χ0n) is 78.9. The molecule has 0 spiro atoms. The van der Waals surface area contributed by atoms with Crippen LogP contribution in [0.15, 0.2) is 141 Å². The Morgan fingerprint density at radius 3 is 0.845 bits per heavy atom. The van der Waals surface area contributed by atoms with Gasteiger partial charge in [0.05, 0.1) is 82.7 Å². The van der Waals surface area contributed by atoms with Crippen LogP contribution < -0.4 is 80.3 Å². The number of amides is 3. The number of imidazole rings is 4. The minimum atomic E-state index is -5.08. The molecule has 15 N–H and O–H groups in total. The number of anilines is 4. The van der Waals surface area contributed by atoms with E-state index in [0.717, 1.165) is 140 Å². The number of hydrogen-bond acceptors (Lipinski definition) is 28. The number of aliphatic carboxylic acids is 4. The normalized spacial score (nSPS) is 13.4. The molecule has 4 aliphatic rings. The molecule has 4 fully saturated rings. The molecule has 4 aliphatic heterocycles. The van der Waals surface area contributed by atoms with Crippen LogP contribution in [-0.4, -0.2) is 280 Å². The second kappa shape index (κ2) is 52.1. The highest BCUT2D eigenvalue weighted by molar-refractivity contribution is 5.95. The number of nitrogens with one attached hydrogen (secondary N) is 4. The van der Waals surface area contributed by atoms with E-state index in [2.05, 4.69) is 119 Å². The minimum Gasteiger partial charge on any atom is -0.478 e. The molecule has 148 heavy (non-hydrogen) atoms. The van der Waals surface area contributed by atoms with E-state index in [9.17, 15) is 96.1 Å². The molecule has 0 unspecified atom stereocenters. The van der Waals surface area contributed by atoms with Crippen LogP contribution in [-0.2, 0) is 71.5 Å². The zero-order valence-corrected chi connectivity index (χ0v) is 78.9. The molecule has 0 aliphatic carbocycles. The molecule has 0 bridgehead atoms. The largest absolute Gasteiger partial charge is 0.490 e. The zero-order chi connectivity index (χ0) is 109. The highest BCUT2D eigenvalue weighted by Gasteiger charge is 2.41. The summed E-state index contributed by atoms with van der Waals surface area (Å²) in [6.07, 6.45) is -13.9. The lowest BCUT2D eigenvalue weighted by Crippen LogP contribution is -2.44. The van der Waals surface area contributed by atoms with E-state index in [0.29, 0.717) is 98.1 Å². The molecule has 784 valence electrons. The Hall–Kier alpha value is -17.5. The predicted molar refractivity (Wildman–Crippen MR) is 511 cm³/mol. The van der Waals surface area contributed by atoms with Gasteiger partial charge in [-0.05, 0) is 92.4 Å². The van der Waals surface area contributed by atoms with E-state index in [1.54, 1.807) is 137 Å². The summed E-state index contributed by atoms with van der Waals surface area (Å²) in [6.45, 7) is 22.7. The van der Waals surface area contributed by atoms with Crippen molar-refractivity contribution < 1.29 is 117 Å². The fourth-order valence-electron chi connectivity index (χ4n) is 14.4.